The zero-order chi connectivity index (χ0) is 33.0. The van der Waals surface area contributed by atoms with Crippen molar-refractivity contribution in [1.29, 1.82) is 0 Å². The molecule has 45 heavy (non-hydrogen) atoms. The normalized spacial score (nSPS) is 12.5. The van der Waals surface area contributed by atoms with Crippen molar-refractivity contribution in [2.24, 2.45) is 0 Å². The van der Waals surface area contributed by atoms with Gasteiger partial charge in [0.05, 0.1) is 31.7 Å². The van der Waals surface area contributed by atoms with Gasteiger partial charge in [0, 0.05) is 6.20 Å². The summed E-state index contributed by atoms with van der Waals surface area (Å²) in [6.45, 7) is 8.36. The Kier molecular flexibility index (Phi) is 12.5. The minimum Gasteiger partial charge on any atom is -0.497 e. The molecule has 242 valence electrons. The van der Waals surface area contributed by atoms with Crippen molar-refractivity contribution in [2.45, 2.75) is 77.6 Å². The van der Waals surface area contributed by atoms with Crippen LogP contribution in [0.25, 0.3) is 0 Å². The van der Waals surface area contributed by atoms with Crippen molar-refractivity contribution < 1.29 is 33.4 Å². The third kappa shape index (κ3) is 10.4. The zero-order valence-corrected chi connectivity index (χ0v) is 26.7. The number of carbonyl (C=O) groups excluding carboxylic acids is 4. The molecule has 3 rings (SSSR count). The first-order valence-corrected chi connectivity index (χ1v) is 14.9. The second-order valence-corrected chi connectivity index (χ2v) is 11.2. The Hall–Kier alpha value is -4.87. The third-order valence-electron chi connectivity index (χ3n) is 6.82. The van der Waals surface area contributed by atoms with Crippen molar-refractivity contribution in [2.75, 3.05) is 19.0 Å². The molecule has 0 aliphatic heterocycles. The monoisotopic (exact) mass is 621 g/mol. The lowest BCUT2D eigenvalue weighted by Gasteiger charge is -2.28. The van der Waals surface area contributed by atoms with Gasteiger partial charge in [0.2, 0.25) is 11.8 Å². The van der Waals surface area contributed by atoms with Gasteiger partial charge in [-0.15, -0.1) is 0 Å². The van der Waals surface area contributed by atoms with Gasteiger partial charge in [-0.05, 0) is 77.1 Å². The van der Waals surface area contributed by atoms with Crippen LogP contribution in [0.15, 0.2) is 67.0 Å². The van der Waals surface area contributed by atoms with Crippen molar-refractivity contribution in [3.63, 3.8) is 0 Å². The Morgan fingerprint density at radius 2 is 1.69 bits per heavy atom. The highest BCUT2D eigenvalue weighted by atomic mass is 16.6. The molecular formula is C33H43N5O7. The highest BCUT2D eigenvalue weighted by Crippen LogP contribution is 2.24. The van der Waals surface area contributed by atoms with E-state index < -0.39 is 41.5 Å². The number of aromatic nitrogens is 2. The molecule has 3 N–H and O–H groups in total. The van der Waals surface area contributed by atoms with E-state index in [1.54, 1.807) is 52.1 Å². The van der Waals surface area contributed by atoms with Gasteiger partial charge in [-0.25, -0.2) is 9.59 Å². The van der Waals surface area contributed by atoms with Crippen molar-refractivity contribution in [3.05, 3.63) is 78.1 Å². The smallest absolute Gasteiger partial charge is 0.408 e. The van der Waals surface area contributed by atoms with Crippen LogP contribution in [0.4, 0.5) is 10.5 Å². The lowest BCUT2D eigenvalue weighted by atomic mass is 10.0. The van der Waals surface area contributed by atoms with E-state index in [-0.39, 0.29) is 12.7 Å². The lowest BCUT2D eigenvalue weighted by Crippen LogP contribution is -2.58. The summed E-state index contributed by atoms with van der Waals surface area (Å²) < 4.78 is 17.1. The summed E-state index contributed by atoms with van der Waals surface area (Å²) in [7, 11) is 1.55. The molecule has 2 atom stereocenters. The number of hydrogen-bond donors (Lipinski definition) is 3. The SMILES string of the molecule is CCOC(=O)C(c1ccc(OC)cc1)n1cc(NC(=O)C(CCCc2ccccc2)NC(=O)C(C)(C)NC(=O)OC(C)C)cn1. The third-order valence-corrected chi connectivity index (χ3v) is 6.82. The maximum Gasteiger partial charge on any atom is 0.408 e. The molecule has 1 heterocycles. The van der Waals surface area contributed by atoms with Crippen LogP contribution in [-0.4, -0.2) is 65.1 Å². The fourth-order valence-electron chi connectivity index (χ4n) is 4.50. The summed E-state index contributed by atoms with van der Waals surface area (Å²) >= 11 is 0. The Morgan fingerprint density at radius 3 is 2.31 bits per heavy atom. The summed E-state index contributed by atoms with van der Waals surface area (Å²) in [5, 5.41) is 12.5. The molecule has 0 aliphatic rings. The molecule has 1 aromatic heterocycles. The van der Waals surface area contributed by atoms with Crippen LogP contribution in [0.1, 0.15) is 64.6 Å². The largest absolute Gasteiger partial charge is 0.497 e. The number of benzene rings is 2. The second-order valence-electron chi connectivity index (χ2n) is 11.2. The molecule has 0 radical (unpaired) electrons. The number of rotatable bonds is 15. The maximum atomic E-state index is 13.6. The number of aryl methyl sites for hydroxylation is 1. The molecule has 0 spiro atoms. The Balaban J connectivity index is 1.79. The summed E-state index contributed by atoms with van der Waals surface area (Å²) in [6.07, 6.45) is 3.47. The zero-order valence-electron chi connectivity index (χ0n) is 26.7. The highest BCUT2D eigenvalue weighted by Gasteiger charge is 2.34. The van der Waals surface area contributed by atoms with E-state index >= 15 is 0 Å². The fourth-order valence-corrected chi connectivity index (χ4v) is 4.50. The van der Waals surface area contributed by atoms with E-state index in [0.717, 1.165) is 5.56 Å². The average molecular weight is 622 g/mol. The Morgan fingerprint density at radius 1 is 1.00 bits per heavy atom. The van der Waals surface area contributed by atoms with Gasteiger partial charge in [0.1, 0.15) is 17.3 Å². The van der Waals surface area contributed by atoms with Crippen LogP contribution < -0.4 is 20.7 Å². The molecule has 12 heteroatoms. The highest BCUT2D eigenvalue weighted by molar-refractivity contribution is 5.99. The van der Waals surface area contributed by atoms with Crippen molar-refractivity contribution in [1.82, 2.24) is 20.4 Å². The number of nitrogens with one attached hydrogen (secondary N) is 3. The van der Waals surface area contributed by atoms with E-state index in [1.165, 1.54) is 30.9 Å². The van der Waals surface area contributed by atoms with Crippen LogP contribution >= 0.6 is 0 Å². The van der Waals surface area contributed by atoms with E-state index in [9.17, 15) is 19.2 Å². The molecule has 0 saturated carbocycles. The molecule has 0 bridgehead atoms. The van der Waals surface area contributed by atoms with Crippen LogP contribution in [0.5, 0.6) is 5.75 Å². The number of nitrogens with zero attached hydrogens (tertiary/aromatic N) is 2. The molecule has 2 aromatic carbocycles. The summed E-state index contributed by atoms with van der Waals surface area (Å²) in [4.78, 5) is 52.0. The molecular weight excluding hydrogens is 578 g/mol. The van der Waals surface area contributed by atoms with Crippen LogP contribution in [0.2, 0.25) is 0 Å². The van der Waals surface area contributed by atoms with Crippen LogP contribution in [0.3, 0.4) is 0 Å². The van der Waals surface area contributed by atoms with Crippen LogP contribution in [0, 0.1) is 0 Å². The van der Waals surface area contributed by atoms with E-state index in [0.29, 0.717) is 36.3 Å². The van der Waals surface area contributed by atoms with Gasteiger partial charge in [-0.3, -0.25) is 14.3 Å². The lowest BCUT2D eigenvalue weighted by molar-refractivity contribution is -0.146. The maximum absolute atomic E-state index is 13.6. The number of esters is 1. The first-order chi connectivity index (χ1) is 21.4. The molecule has 3 amide bonds. The fraction of sp³-hybridized carbons (Fsp3) is 0.424. The number of methoxy groups -OCH3 is 1. The minimum atomic E-state index is -1.36. The molecule has 0 saturated heterocycles. The van der Waals surface area contributed by atoms with Crippen molar-refractivity contribution >= 4 is 29.6 Å². The van der Waals surface area contributed by atoms with Crippen LogP contribution in [-0.2, 0) is 30.3 Å². The minimum absolute atomic E-state index is 0.182. The van der Waals surface area contributed by atoms with Gasteiger partial charge in [-0.2, -0.15) is 5.10 Å². The topological polar surface area (TPSA) is 150 Å². The van der Waals surface area contributed by atoms with E-state index in [2.05, 4.69) is 21.0 Å². The molecule has 0 aliphatic carbocycles. The van der Waals surface area contributed by atoms with Gasteiger partial charge >= 0.3 is 12.1 Å². The molecule has 0 fully saturated rings. The first kappa shape index (κ1) is 34.6. The predicted molar refractivity (Wildman–Crippen MR) is 169 cm³/mol. The molecule has 12 nitrogen and oxygen atoms in total. The number of alkyl carbamates (subject to hydrolysis) is 1. The summed E-state index contributed by atoms with van der Waals surface area (Å²) in [5.74, 6) is -0.917. The van der Waals surface area contributed by atoms with Gasteiger partial charge in [0.25, 0.3) is 0 Å². The average Bonchev–Trinajstić information content (AvgIpc) is 3.44. The molecule has 2 unspecified atom stereocenters. The van der Waals surface area contributed by atoms with Crippen molar-refractivity contribution in [3.8, 4) is 5.75 Å². The van der Waals surface area contributed by atoms with E-state index in [1.807, 2.05) is 30.3 Å². The van der Waals surface area contributed by atoms with E-state index in [4.69, 9.17) is 14.2 Å². The Labute approximate surface area is 263 Å². The summed E-state index contributed by atoms with van der Waals surface area (Å²) in [5.41, 5.74) is 0.682. The van der Waals surface area contributed by atoms with Gasteiger partial charge in [0.15, 0.2) is 6.04 Å². The predicted octanol–water partition coefficient (Wildman–Crippen LogP) is 4.40. The number of amides is 3. The Bertz CT molecular complexity index is 1420. The number of hydrogen-bond acceptors (Lipinski definition) is 8. The standard InChI is InChI=1S/C33H43N5O7/c1-7-44-30(40)28(24-16-18-26(43-6)19-17-24)38-21-25(20-34-38)35-29(39)27(15-11-14-23-12-9-8-10-13-23)36-31(41)33(4,5)37-32(42)45-22(2)3/h8-10,12-13,16-22,27-28H,7,11,14-15H2,1-6H3,(H,35,39)(H,36,41)(H,37,42). The number of carbonyl (C=O) groups is 4. The molecule has 3 aromatic rings. The second kappa shape index (κ2) is 16.3. The van der Waals surface area contributed by atoms with Gasteiger partial charge < -0.3 is 30.2 Å². The van der Waals surface area contributed by atoms with Gasteiger partial charge in [-0.1, -0.05) is 42.5 Å². The summed E-state index contributed by atoms with van der Waals surface area (Å²) in [6, 6.07) is 14.9. The quantitative estimate of drug-likeness (QED) is 0.211. The number of anilines is 1. The first-order valence-electron chi connectivity index (χ1n) is 14.9. The number of ether oxygens (including phenoxy) is 3.